The summed E-state index contributed by atoms with van der Waals surface area (Å²) < 4.78 is 12.8. The molecule has 2 atom stereocenters. The van der Waals surface area contributed by atoms with Crippen LogP contribution in [0.25, 0.3) is 0 Å². The monoisotopic (exact) mass is 212 g/mol. The summed E-state index contributed by atoms with van der Waals surface area (Å²) in [7, 11) is 0. The topological polar surface area (TPSA) is 40.5 Å². The van der Waals surface area contributed by atoms with E-state index < -0.39 is 12.2 Å². The molecule has 2 unspecified atom stereocenters. The van der Waals surface area contributed by atoms with E-state index in [1.54, 1.807) is 6.92 Å². The van der Waals surface area contributed by atoms with Gasteiger partial charge in [-0.2, -0.15) is 0 Å². The molecule has 0 bridgehead atoms. The average Bonchev–Trinajstić information content (AvgIpc) is 2.15. The lowest BCUT2D eigenvalue weighted by molar-refractivity contribution is -0.00974. The Morgan fingerprint density at radius 1 is 1.20 bits per heavy atom. The summed E-state index contributed by atoms with van der Waals surface area (Å²) >= 11 is 0. The highest BCUT2D eigenvalue weighted by Gasteiger charge is 2.22. The molecule has 0 aromatic heterocycles. The second kappa shape index (κ2) is 4.73. The predicted octanol–water partition coefficient (Wildman–Crippen LogP) is 2.18. The molecule has 0 heterocycles. The van der Waals surface area contributed by atoms with Gasteiger partial charge in [-0.15, -0.1) is 0 Å². The number of aliphatic hydroxyl groups is 2. The molecule has 15 heavy (non-hydrogen) atoms. The van der Waals surface area contributed by atoms with Crippen LogP contribution >= 0.6 is 0 Å². The number of halogens is 1. The number of rotatable bonds is 3. The lowest BCUT2D eigenvalue weighted by atomic mass is 9.93. The van der Waals surface area contributed by atoms with Crippen LogP contribution in [-0.2, 0) is 0 Å². The normalized spacial score (nSPS) is 15.4. The van der Waals surface area contributed by atoms with Crippen molar-refractivity contribution in [3.05, 3.63) is 35.1 Å². The molecule has 0 spiro atoms. The van der Waals surface area contributed by atoms with Gasteiger partial charge in [0.2, 0.25) is 0 Å². The first kappa shape index (κ1) is 12.1. The third-order valence-electron chi connectivity index (χ3n) is 2.56. The van der Waals surface area contributed by atoms with Gasteiger partial charge in [0.15, 0.2) is 0 Å². The van der Waals surface area contributed by atoms with E-state index in [1.807, 2.05) is 13.8 Å². The van der Waals surface area contributed by atoms with Gasteiger partial charge in [-0.05, 0) is 36.1 Å². The van der Waals surface area contributed by atoms with Crippen molar-refractivity contribution in [2.24, 2.45) is 5.92 Å². The number of aryl methyl sites for hydroxylation is 1. The summed E-state index contributed by atoms with van der Waals surface area (Å²) in [4.78, 5) is 0. The fourth-order valence-corrected chi connectivity index (χ4v) is 1.52. The summed E-state index contributed by atoms with van der Waals surface area (Å²) in [6.45, 7) is 5.37. The van der Waals surface area contributed by atoms with Crippen LogP contribution in [0.4, 0.5) is 4.39 Å². The number of aliphatic hydroxyl groups excluding tert-OH is 2. The van der Waals surface area contributed by atoms with Crippen molar-refractivity contribution in [3.63, 3.8) is 0 Å². The lowest BCUT2D eigenvalue weighted by Gasteiger charge is -2.22. The fraction of sp³-hybridized carbons (Fsp3) is 0.500. The molecule has 1 aromatic rings. The number of hydrogen-bond donors (Lipinski definition) is 2. The van der Waals surface area contributed by atoms with E-state index in [1.165, 1.54) is 18.2 Å². The highest BCUT2D eigenvalue weighted by atomic mass is 19.1. The van der Waals surface area contributed by atoms with E-state index in [0.717, 1.165) is 0 Å². The minimum atomic E-state index is -0.953. The Balaban J connectivity index is 2.96. The van der Waals surface area contributed by atoms with Gasteiger partial charge in [0, 0.05) is 0 Å². The number of benzene rings is 1. The van der Waals surface area contributed by atoms with Crippen LogP contribution in [0, 0.1) is 18.7 Å². The van der Waals surface area contributed by atoms with E-state index in [2.05, 4.69) is 0 Å². The van der Waals surface area contributed by atoms with Crippen LogP contribution in [0.3, 0.4) is 0 Å². The quantitative estimate of drug-likeness (QED) is 0.806. The van der Waals surface area contributed by atoms with Gasteiger partial charge in [-0.3, -0.25) is 0 Å². The van der Waals surface area contributed by atoms with Gasteiger partial charge < -0.3 is 10.2 Å². The minimum Gasteiger partial charge on any atom is -0.390 e. The van der Waals surface area contributed by atoms with E-state index in [-0.39, 0.29) is 11.7 Å². The summed E-state index contributed by atoms with van der Waals surface area (Å²) in [5, 5.41) is 19.6. The first-order valence-electron chi connectivity index (χ1n) is 5.05. The molecule has 0 amide bonds. The second-order valence-corrected chi connectivity index (χ2v) is 4.18. The Hall–Kier alpha value is -0.930. The summed E-state index contributed by atoms with van der Waals surface area (Å²) in [6.07, 6.45) is -1.78. The van der Waals surface area contributed by atoms with Gasteiger partial charge in [-0.1, -0.05) is 19.9 Å². The van der Waals surface area contributed by atoms with Crippen molar-refractivity contribution in [3.8, 4) is 0 Å². The molecule has 0 aliphatic rings. The smallest absolute Gasteiger partial charge is 0.123 e. The van der Waals surface area contributed by atoms with Gasteiger partial charge in [0.05, 0.1) is 6.10 Å². The van der Waals surface area contributed by atoms with E-state index in [0.29, 0.717) is 11.1 Å². The van der Waals surface area contributed by atoms with Gasteiger partial charge in [0.25, 0.3) is 0 Å². The lowest BCUT2D eigenvalue weighted by Crippen LogP contribution is -2.24. The molecule has 0 fully saturated rings. The molecule has 0 saturated carbocycles. The zero-order chi connectivity index (χ0) is 11.6. The summed E-state index contributed by atoms with van der Waals surface area (Å²) in [5.41, 5.74) is 1.24. The molecule has 1 aromatic carbocycles. The fourth-order valence-electron chi connectivity index (χ4n) is 1.52. The van der Waals surface area contributed by atoms with E-state index in [9.17, 15) is 14.6 Å². The maximum Gasteiger partial charge on any atom is 0.123 e. The third-order valence-corrected chi connectivity index (χ3v) is 2.56. The van der Waals surface area contributed by atoms with Gasteiger partial charge in [-0.25, -0.2) is 4.39 Å². The van der Waals surface area contributed by atoms with Crippen molar-refractivity contribution in [2.75, 3.05) is 0 Å². The third kappa shape index (κ3) is 2.76. The molecular weight excluding hydrogens is 195 g/mol. The van der Waals surface area contributed by atoms with Gasteiger partial charge in [0.1, 0.15) is 11.9 Å². The molecule has 0 aliphatic heterocycles. The summed E-state index contributed by atoms with van der Waals surface area (Å²) in [5.74, 6) is -0.369. The Labute approximate surface area is 89.4 Å². The molecule has 0 aliphatic carbocycles. The Bertz CT molecular complexity index is 336. The van der Waals surface area contributed by atoms with Crippen LogP contribution in [0.2, 0.25) is 0 Å². The molecule has 2 nitrogen and oxygen atoms in total. The highest BCUT2D eigenvalue weighted by molar-refractivity contribution is 5.29. The zero-order valence-corrected chi connectivity index (χ0v) is 9.24. The first-order valence-corrected chi connectivity index (χ1v) is 5.05. The molecular formula is C12H17FO2. The van der Waals surface area contributed by atoms with Crippen molar-refractivity contribution in [1.82, 2.24) is 0 Å². The zero-order valence-electron chi connectivity index (χ0n) is 9.24. The minimum absolute atomic E-state index is 0.0375. The van der Waals surface area contributed by atoms with Crippen LogP contribution in [-0.4, -0.2) is 16.3 Å². The first-order chi connectivity index (χ1) is 6.93. The predicted molar refractivity (Wildman–Crippen MR) is 56.9 cm³/mol. The van der Waals surface area contributed by atoms with Crippen LogP contribution in [0.1, 0.15) is 31.1 Å². The standard InChI is InChI=1S/C12H17FO2/c1-7(2)11(14)12(15)10-5-4-9(13)6-8(10)3/h4-7,11-12,14-15H,1-3H3. The SMILES string of the molecule is Cc1cc(F)ccc1C(O)C(O)C(C)C. The molecule has 3 heteroatoms. The molecule has 1 rings (SSSR count). The van der Waals surface area contributed by atoms with Crippen LogP contribution in [0.5, 0.6) is 0 Å². The van der Waals surface area contributed by atoms with Crippen molar-refractivity contribution in [2.45, 2.75) is 33.0 Å². The molecule has 84 valence electrons. The Kier molecular flexibility index (Phi) is 3.83. The Morgan fingerprint density at radius 2 is 1.80 bits per heavy atom. The molecule has 2 N–H and O–H groups in total. The van der Waals surface area contributed by atoms with E-state index >= 15 is 0 Å². The van der Waals surface area contributed by atoms with Gasteiger partial charge >= 0.3 is 0 Å². The van der Waals surface area contributed by atoms with Crippen molar-refractivity contribution >= 4 is 0 Å². The van der Waals surface area contributed by atoms with Crippen LogP contribution < -0.4 is 0 Å². The van der Waals surface area contributed by atoms with Crippen molar-refractivity contribution < 1.29 is 14.6 Å². The Morgan fingerprint density at radius 3 is 2.27 bits per heavy atom. The maximum absolute atomic E-state index is 12.8. The highest BCUT2D eigenvalue weighted by Crippen LogP contribution is 2.24. The molecule has 0 saturated heterocycles. The second-order valence-electron chi connectivity index (χ2n) is 4.18. The summed E-state index contributed by atoms with van der Waals surface area (Å²) in [6, 6.07) is 4.16. The molecule has 0 radical (unpaired) electrons. The average molecular weight is 212 g/mol. The number of hydrogen-bond acceptors (Lipinski definition) is 2. The van der Waals surface area contributed by atoms with Crippen LogP contribution in [0.15, 0.2) is 18.2 Å². The maximum atomic E-state index is 12.8. The largest absolute Gasteiger partial charge is 0.390 e. The van der Waals surface area contributed by atoms with Crippen molar-refractivity contribution in [1.29, 1.82) is 0 Å². The van der Waals surface area contributed by atoms with E-state index in [4.69, 9.17) is 0 Å².